The van der Waals surface area contributed by atoms with Crippen LogP contribution in [0.15, 0.2) is 53.3 Å². The van der Waals surface area contributed by atoms with Gasteiger partial charge in [-0.25, -0.2) is 4.98 Å². The molecule has 0 unspecified atom stereocenters. The second-order valence-corrected chi connectivity index (χ2v) is 6.47. The molecule has 0 bridgehead atoms. The van der Waals surface area contributed by atoms with E-state index >= 15 is 0 Å². The highest BCUT2D eigenvalue weighted by Crippen LogP contribution is 2.16. The minimum atomic E-state index is -0.212. The number of para-hydroxylation sites is 1. The number of aromatic nitrogens is 2. The second-order valence-electron chi connectivity index (χ2n) is 6.47. The summed E-state index contributed by atoms with van der Waals surface area (Å²) in [4.78, 5) is 33.7. The zero-order valence-corrected chi connectivity index (χ0v) is 15.1. The first-order valence-electron chi connectivity index (χ1n) is 8.50. The molecule has 134 valence electrons. The number of amides is 1. The Morgan fingerprint density at radius 3 is 2.62 bits per heavy atom. The molecule has 0 radical (unpaired) electrons. The first-order valence-corrected chi connectivity index (χ1v) is 8.50. The number of hydrogen-bond donors (Lipinski definition) is 2. The van der Waals surface area contributed by atoms with Crippen molar-refractivity contribution in [2.24, 2.45) is 0 Å². The largest absolute Gasteiger partial charge is 0.325 e. The molecular formula is C20H22N4O2. The van der Waals surface area contributed by atoms with Crippen LogP contribution in [0.1, 0.15) is 24.4 Å². The fourth-order valence-electron chi connectivity index (χ4n) is 2.71. The minimum absolute atomic E-state index is 0.119. The van der Waals surface area contributed by atoms with E-state index in [1.165, 1.54) is 0 Å². The molecule has 1 amide bonds. The summed E-state index contributed by atoms with van der Waals surface area (Å²) in [7, 11) is 1.83. The smallest absolute Gasteiger partial charge is 0.258 e. The van der Waals surface area contributed by atoms with Crippen molar-refractivity contribution in [1.82, 2.24) is 14.9 Å². The summed E-state index contributed by atoms with van der Waals surface area (Å²) in [5.74, 6) is 0.422. The number of likely N-dealkylation sites (N-methyl/N-ethyl adjacent to an activating group) is 1. The fourth-order valence-corrected chi connectivity index (χ4v) is 2.71. The third-order valence-corrected chi connectivity index (χ3v) is 4.42. The van der Waals surface area contributed by atoms with Crippen LogP contribution in [0.5, 0.6) is 0 Å². The molecule has 0 spiro atoms. The van der Waals surface area contributed by atoms with Gasteiger partial charge in [-0.2, -0.15) is 0 Å². The molecule has 0 fully saturated rings. The lowest BCUT2D eigenvalue weighted by molar-refractivity contribution is -0.117. The SMILES string of the molecule is Cc1ccc(NC(=O)CN(C)[C@@H](C)c2nc3ccccc3c(=O)[nH]2)cc1. The van der Waals surface area contributed by atoms with Gasteiger partial charge in [0, 0.05) is 5.69 Å². The summed E-state index contributed by atoms with van der Waals surface area (Å²) in [5, 5.41) is 3.43. The molecule has 0 saturated heterocycles. The molecule has 2 N–H and O–H groups in total. The van der Waals surface area contributed by atoms with Crippen LogP contribution in [0.2, 0.25) is 0 Å². The highest BCUT2D eigenvalue weighted by atomic mass is 16.2. The normalized spacial score (nSPS) is 12.3. The lowest BCUT2D eigenvalue weighted by Crippen LogP contribution is -2.33. The number of nitrogens with zero attached hydrogens (tertiary/aromatic N) is 2. The molecule has 2 aromatic carbocycles. The number of fused-ring (bicyclic) bond motifs is 1. The monoisotopic (exact) mass is 350 g/mol. The molecule has 1 heterocycles. The third-order valence-electron chi connectivity index (χ3n) is 4.42. The second kappa shape index (κ2) is 7.49. The molecule has 3 aromatic rings. The van der Waals surface area contributed by atoms with Crippen molar-refractivity contribution in [1.29, 1.82) is 0 Å². The number of benzene rings is 2. The van der Waals surface area contributed by atoms with E-state index in [0.29, 0.717) is 16.7 Å². The standard InChI is InChI=1S/C20H22N4O2/c1-13-8-10-15(11-9-13)21-18(25)12-24(3)14(2)19-22-17-7-5-4-6-16(17)20(26)23-19/h4-11,14H,12H2,1-3H3,(H,21,25)(H,22,23,26)/t14-/m0/s1. The first-order chi connectivity index (χ1) is 12.4. The van der Waals surface area contributed by atoms with E-state index in [2.05, 4.69) is 15.3 Å². The lowest BCUT2D eigenvalue weighted by Gasteiger charge is -2.23. The number of rotatable bonds is 5. The van der Waals surface area contributed by atoms with E-state index < -0.39 is 0 Å². The fraction of sp³-hybridized carbons (Fsp3) is 0.250. The van der Waals surface area contributed by atoms with Crippen LogP contribution in [0, 0.1) is 6.92 Å². The van der Waals surface area contributed by atoms with Gasteiger partial charge in [0.1, 0.15) is 5.82 Å². The van der Waals surface area contributed by atoms with Crippen molar-refractivity contribution in [2.45, 2.75) is 19.9 Å². The highest BCUT2D eigenvalue weighted by Gasteiger charge is 2.18. The van der Waals surface area contributed by atoms with E-state index in [4.69, 9.17) is 0 Å². The van der Waals surface area contributed by atoms with Gasteiger partial charge >= 0.3 is 0 Å². The van der Waals surface area contributed by atoms with E-state index in [9.17, 15) is 9.59 Å². The maximum absolute atomic E-state index is 12.3. The van der Waals surface area contributed by atoms with E-state index in [1.807, 2.05) is 68.3 Å². The van der Waals surface area contributed by atoms with E-state index in [-0.39, 0.29) is 24.1 Å². The van der Waals surface area contributed by atoms with Crippen LogP contribution in [-0.4, -0.2) is 34.4 Å². The van der Waals surface area contributed by atoms with Crippen LogP contribution in [0.3, 0.4) is 0 Å². The number of aromatic amines is 1. The minimum Gasteiger partial charge on any atom is -0.325 e. The Balaban J connectivity index is 1.71. The van der Waals surface area contributed by atoms with Crippen molar-refractivity contribution in [3.05, 3.63) is 70.3 Å². The van der Waals surface area contributed by atoms with Crippen LogP contribution in [0.25, 0.3) is 10.9 Å². The zero-order chi connectivity index (χ0) is 18.7. The van der Waals surface area contributed by atoms with Crippen LogP contribution in [-0.2, 0) is 4.79 Å². The molecule has 6 nitrogen and oxygen atoms in total. The maximum Gasteiger partial charge on any atom is 0.258 e. The van der Waals surface area contributed by atoms with Crippen molar-refractivity contribution in [2.75, 3.05) is 18.9 Å². The van der Waals surface area contributed by atoms with Gasteiger partial charge in [0.05, 0.1) is 23.5 Å². The van der Waals surface area contributed by atoms with Crippen LogP contribution in [0.4, 0.5) is 5.69 Å². The van der Waals surface area contributed by atoms with Gasteiger partial charge in [-0.15, -0.1) is 0 Å². The molecular weight excluding hydrogens is 328 g/mol. The Bertz CT molecular complexity index is 979. The van der Waals surface area contributed by atoms with Gasteiger partial charge in [-0.3, -0.25) is 14.5 Å². The molecule has 26 heavy (non-hydrogen) atoms. The van der Waals surface area contributed by atoms with Crippen LogP contribution >= 0.6 is 0 Å². The van der Waals surface area contributed by atoms with Crippen molar-refractivity contribution in [3.63, 3.8) is 0 Å². The number of carbonyl (C=O) groups is 1. The number of carbonyl (C=O) groups excluding carboxylic acids is 1. The Morgan fingerprint density at radius 2 is 1.88 bits per heavy atom. The molecule has 1 atom stereocenters. The Morgan fingerprint density at radius 1 is 1.19 bits per heavy atom. The number of hydrogen-bond acceptors (Lipinski definition) is 4. The van der Waals surface area contributed by atoms with E-state index in [1.54, 1.807) is 6.07 Å². The lowest BCUT2D eigenvalue weighted by atomic mass is 10.2. The average Bonchev–Trinajstić information content (AvgIpc) is 2.63. The Hall–Kier alpha value is -2.99. The average molecular weight is 350 g/mol. The van der Waals surface area contributed by atoms with Gasteiger partial charge in [0.15, 0.2) is 0 Å². The summed E-state index contributed by atoms with van der Waals surface area (Å²) in [6.07, 6.45) is 0. The molecule has 3 rings (SSSR count). The summed E-state index contributed by atoms with van der Waals surface area (Å²) in [5.41, 5.74) is 2.38. The molecule has 0 aliphatic carbocycles. The van der Waals surface area contributed by atoms with Crippen molar-refractivity contribution >= 4 is 22.5 Å². The molecule has 0 aliphatic rings. The van der Waals surface area contributed by atoms with Gasteiger partial charge < -0.3 is 10.3 Å². The summed E-state index contributed by atoms with van der Waals surface area (Å²) in [6.45, 7) is 4.09. The maximum atomic E-state index is 12.3. The quantitative estimate of drug-likeness (QED) is 0.742. The van der Waals surface area contributed by atoms with Crippen molar-refractivity contribution < 1.29 is 4.79 Å². The van der Waals surface area contributed by atoms with Gasteiger partial charge in [-0.1, -0.05) is 29.8 Å². The molecule has 0 saturated carbocycles. The third kappa shape index (κ3) is 3.97. The van der Waals surface area contributed by atoms with Crippen molar-refractivity contribution in [3.8, 4) is 0 Å². The number of aryl methyl sites for hydroxylation is 1. The number of anilines is 1. The highest BCUT2D eigenvalue weighted by molar-refractivity contribution is 5.92. The Kier molecular flexibility index (Phi) is 5.14. The van der Waals surface area contributed by atoms with E-state index in [0.717, 1.165) is 11.3 Å². The molecule has 1 aromatic heterocycles. The molecule has 6 heteroatoms. The predicted octanol–water partition coefficient (Wildman–Crippen LogP) is 2.86. The Labute approximate surface area is 151 Å². The summed E-state index contributed by atoms with van der Waals surface area (Å²) < 4.78 is 0. The predicted molar refractivity (Wildman–Crippen MR) is 103 cm³/mol. The number of nitrogens with one attached hydrogen (secondary N) is 2. The van der Waals surface area contributed by atoms with Gasteiger partial charge in [0.2, 0.25) is 5.91 Å². The first kappa shape index (κ1) is 17.8. The number of H-pyrrole nitrogens is 1. The van der Waals surface area contributed by atoms with Gasteiger partial charge in [-0.05, 0) is 45.2 Å². The topological polar surface area (TPSA) is 78.1 Å². The van der Waals surface area contributed by atoms with Crippen LogP contribution < -0.4 is 10.9 Å². The summed E-state index contributed by atoms with van der Waals surface area (Å²) >= 11 is 0. The van der Waals surface area contributed by atoms with Gasteiger partial charge in [0.25, 0.3) is 5.56 Å². The molecule has 0 aliphatic heterocycles. The zero-order valence-electron chi connectivity index (χ0n) is 15.1. The summed E-state index contributed by atoms with van der Waals surface area (Å²) in [6, 6.07) is 14.6.